The first-order chi connectivity index (χ1) is 8.24. The van der Waals surface area contributed by atoms with Crippen LogP contribution in [0.3, 0.4) is 0 Å². The molecule has 3 heteroatoms. The van der Waals surface area contributed by atoms with Gasteiger partial charge in [0.2, 0.25) is 0 Å². The monoisotopic (exact) mass is 263 g/mol. The zero-order valence-corrected chi connectivity index (χ0v) is 11.0. The lowest BCUT2D eigenvalue weighted by atomic mass is 10.2. The summed E-state index contributed by atoms with van der Waals surface area (Å²) in [7, 11) is 0. The SMILES string of the molecule is Nc1ccc(CCSc2ccc(Cl)cc2)cc1. The van der Waals surface area contributed by atoms with Crippen LogP contribution in [0.4, 0.5) is 5.69 Å². The van der Waals surface area contributed by atoms with Crippen molar-refractivity contribution in [3.63, 3.8) is 0 Å². The molecule has 2 rings (SSSR count). The maximum absolute atomic E-state index is 5.84. The Balaban J connectivity index is 1.83. The largest absolute Gasteiger partial charge is 0.399 e. The second-order valence-corrected chi connectivity index (χ2v) is 5.40. The minimum absolute atomic E-state index is 0.785. The third kappa shape index (κ3) is 3.99. The van der Waals surface area contributed by atoms with Crippen LogP contribution in [0.5, 0.6) is 0 Å². The van der Waals surface area contributed by atoms with Gasteiger partial charge in [-0.2, -0.15) is 0 Å². The summed E-state index contributed by atoms with van der Waals surface area (Å²) in [6.07, 6.45) is 1.05. The second-order valence-electron chi connectivity index (χ2n) is 3.79. The first kappa shape index (κ1) is 12.3. The first-order valence-corrected chi connectivity index (χ1v) is 6.83. The van der Waals surface area contributed by atoms with Crippen LogP contribution in [0.1, 0.15) is 5.56 Å². The molecular formula is C14H14ClNS. The molecule has 0 fully saturated rings. The van der Waals surface area contributed by atoms with Crippen molar-refractivity contribution in [3.05, 3.63) is 59.1 Å². The summed E-state index contributed by atoms with van der Waals surface area (Å²) in [6, 6.07) is 16.0. The third-order valence-corrected chi connectivity index (χ3v) is 3.72. The van der Waals surface area contributed by atoms with Crippen molar-refractivity contribution in [3.8, 4) is 0 Å². The fourth-order valence-corrected chi connectivity index (χ4v) is 2.53. The number of nitrogens with two attached hydrogens (primary N) is 1. The summed E-state index contributed by atoms with van der Waals surface area (Å²) in [5, 5.41) is 0.785. The van der Waals surface area contributed by atoms with E-state index in [1.165, 1.54) is 10.5 Å². The summed E-state index contributed by atoms with van der Waals surface area (Å²) in [6.45, 7) is 0. The molecule has 0 amide bonds. The Morgan fingerprint density at radius 3 is 2.24 bits per heavy atom. The van der Waals surface area contributed by atoms with Crippen molar-refractivity contribution in [1.82, 2.24) is 0 Å². The molecule has 0 radical (unpaired) electrons. The molecule has 0 bridgehead atoms. The van der Waals surface area contributed by atoms with Crippen molar-refractivity contribution >= 4 is 29.1 Å². The minimum atomic E-state index is 0.785. The highest BCUT2D eigenvalue weighted by atomic mass is 35.5. The highest BCUT2D eigenvalue weighted by molar-refractivity contribution is 7.99. The third-order valence-electron chi connectivity index (χ3n) is 2.45. The van der Waals surface area contributed by atoms with Crippen LogP contribution in [0, 0.1) is 0 Å². The minimum Gasteiger partial charge on any atom is -0.399 e. The van der Waals surface area contributed by atoms with Gasteiger partial charge in [-0.25, -0.2) is 0 Å². The number of halogens is 1. The van der Waals surface area contributed by atoms with Crippen molar-refractivity contribution in [2.75, 3.05) is 11.5 Å². The molecule has 1 nitrogen and oxygen atoms in total. The molecule has 0 aromatic heterocycles. The Kier molecular flexibility index (Phi) is 4.35. The van der Waals surface area contributed by atoms with Crippen molar-refractivity contribution < 1.29 is 0 Å². The lowest BCUT2D eigenvalue weighted by Crippen LogP contribution is -1.90. The Hall–Kier alpha value is -1.12. The summed E-state index contributed by atoms with van der Waals surface area (Å²) >= 11 is 7.67. The number of anilines is 1. The van der Waals surface area contributed by atoms with Crippen LogP contribution in [-0.4, -0.2) is 5.75 Å². The number of hydrogen-bond acceptors (Lipinski definition) is 2. The summed E-state index contributed by atoms with van der Waals surface area (Å²) < 4.78 is 0. The maximum Gasteiger partial charge on any atom is 0.0406 e. The van der Waals surface area contributed by atoms with Crippen LogP contribution in [-0.2, 0) is 6.42 Å². The number of benzene rings is 2. The lowest BCUT2D eigenvalue weighted by Gasteiger charge is -2.03. The molecule has 2 aromatic carbocycles. The fourth-order valence-electron chi connectivity index (χ4n) is 1.50. The van der Waals surface area contributed by atoms with E-state index in [1.54, 1.807) is 0 Å². The van der Waals surface area contributed by atoms with Crippen molar-refractivity contribution in [1.29, 1.82) is 0 Å². The molecule has 2 N–H and O–H groups in total. The Morgan fingerprint density at radius 2 is 1.59 bits per heavy atom. The van der Waals surface area contributed by atoms with Gasteiger partial charge in [0, 0.05) is 21.4 Å². The summed E-state index contributed by atoms with van der Waals surface area (Å²) in [4.78, 5) is 1.25. The predicted molar refractivity (Wildman–Crippen MR) is 76.7 cm³/mol. The van der Waals surface area contributed by atoms with Gasteiger partial charge in [0.25, 0.3) is 0 Å². The van der Waals surface area contributed by atoms with Crippen molar-refractivity contribution in [2.24, 2.45) is 0 Å². The van der Waals surface area contributed by atoms with Crippen LogP contribution < -0.4 is 5.73 Å². The van der Waals surface area contributed by atoms with E-state index in [4.69, 9.17) is 17.3 Å². The zero-order chi connectivity index (χ0) is 12.1. The van der Waals surface area contributed by atoms with Gasteiger partial charge in [0.05, 0.1) is 0 Å². The summed E-state index contributed by atoms with van der Waals surface area (Å²) in [5.74, 6) is 1.06. The smallest absolute Gasteiger partial charge is 0.0406 e. The van der Waals surface area contributed by atoms with Gasteiger partial charge >= 0.3 is 0 Å². The van der Waals surface area contributed by atoms with Crippen LogP contribution in [0.15, 0.2) is 53.4 Å². The van der Waals surface area contributed by atoms with Crippen LogP contribution in [0.2, 0.25) is 5.02 Å². The highest BCUT2D eigenvalue weighted by Gasteiger charge is 1.96. The topological polar surface area (TPSA) is 26.0 Å². The van der Waals surface area contributed by atoms with Gasteiger partial charge in [-0.05, 0) is 48.4 Å². The van der Waals surface area contributed by atoms with E-state index in [0.717, 1.165) is 22.9 Å². The quantitative estimate of drug-likeness (QED) is 0.659. The fraction of sp³-hybridized carbons (Fsp3) is 0.143. The Labute approximate surface area is 111 Å². The normalized spacial score (nSPS) is 10.4. The molecule has 0 unspecified atom stereocenters. The van der Waals surface area contributed by atoms with Gasteiger partial charge in [-0.1, -0.05) is 23.7 Å². The molecule has 0 spiro atoms. The van der Waals surface area contributed by atoms with E-state index < -0.39 is 0 Å². The van der Waals surface area contributed by atoms with Gasteiger partial charge in [-0.15, -0.1) is 11.8 Å². The number of aryl methyl sites for hydroxylation is 1. The molecule has 88 valence electrons. The number of rotatable bonds is 4. The number of nitrogen functional groups attached to an aromatic ring is 1. The van der Waals surface area contributed by atoms with Gasteiger partial charge in [-0.3, -0.25) is 0 Å². The van der Waals surface area contributed by atoms with Crippen molar-refractivity contribution in [2.45, 2.75) is 11.3 Å². The van der Waals surface area contributed by atoms with Gasteiger partial charge in [0.1, 0.15) is 0 Å². The van der Waals surface area contributed by atoms with Gasteiger partial charge in [0.15, 0.2) is 0 Å². The molecular weight excluding hydrogens is 250 g/mol. The van der Waals surface area contributed by atoms with E-state index in [2.05, 4.69) is 24.3 Å². The van der Waals surface area contributed by atoms with E-state index >= 15 is 0 Å². The Bertz CT molecular complexity index is 419. The molecule has 0 atom stereocenters. The van der Waals surface area contributed by atoms with Crippen LogP contribution in [0.25, 0.3) is 0 Å². The summed E-state index contributed by atoms with van der Waals surface area (Å²) in [5.41, 5.74) is 7.78. The Morgan fingerprint density at radius 1 is 0.941 bits per heavy atom. The molecule has 0 aliphatic carbocycles. The molecule has 17 heavy (non-hydrogen) atoms. The molecule has 0 saturated heterocycles. The van der Waals surface area contributed by atoms with E-state index in [0.29, 0.717) is 0 Å². The van der Waals surface area contributed by atoms with E-state index in [9.17, 15) is 0 Å². The molecule has 2 aromatic rings. The number of thioether (sulfide) groups is 1. The highest BCUT2D eigenvalue weighted by Crippen LogP contribution is 2.21. The van der Waals surface area contributed by atoms with Gasteiger partial charge < -0.3 is 5.73 Å². The molecule has 0 saturated carbocycles. The predicted octanol–water partition coefficient (Wildman–Crippen LogP) is 4.26. The zero-order valence-electron chi connectivity index (χ0n) is 9.40. The van der Waals surface area contributed by atoms with Crippen LogP contribution >= 0.6 is 23.4 Å². The van der Waals surface area contributed by atoms with E-state index in [1.807, 2.05) is 36.0 Å². The average molecular weight is 264 g/mol. The average Bonchev–Trinajstić information content (AvgIpc) is 2.34. The number of hydrogen-bond donors (Lipinski definition) is 1. The molecule has 0 aliphatic heterocycles. The van der Waals surface area contributed by atoms with E-state index in [-0.39, 0.29) is 0 Å². The maximum atomic E-state index is 5.84. The second kappa shape index (κ2) is 5.99. The molecule has 0 aliphatic rings. The lowest BCUT2D eigenvalue weighted by molar-refractivity contribution is 1.15. The first-order valence-electron chi connectivity index (χ1n) is 5.47. The molecule has 0 heterocycles. The standard InChI is InChI=1S/C14H14ClNS/c15-12-3-7-14(8-4-12)17-10-9-11-1-5-13(16)6-2-11/h1-8H,9-10,16H2.